The Morgan fingerprint density at radius 3 is 2.26 bits per heavy atom. The standard InChI is InChI=1S/C17H28FN/c1-4-7-8-14(6-3)17(19-13-5-2)15-9-11-16(18)12-10-15/h9-12,14,17,19H,4-8,13H2,1-3H3. The van der Waals surface area contributed by atoms with Crippen molar-refractivity contribution in [2.75, 3.05) is 6.54 Å². The van der Waals surface area contributed by atoms with Crippen molar-refractivity contribution in [1.29, 1.82) is 0 Å². The van der Waals surface area contributed by atoms with Gasteiger partial charge in [0, 0.05) is 6.04 Å². The Kier molecular flexibility index (Phi) is 7.73. The molecule has 0 heterocycles. The minimum absolute atomic E-state index is 0.153. The van der Waals surface area contributed by atoms with Crippen molar-refractivity contribution >= 4 is 0 Å². The van der Waals surface area contributed by atoms with Crippen LogP contribution in [0.4, 0.5) is 4.39 Å². The van der Waals surface area contributed by atoms with Gasteiger partial charge in [0.15, 0.2) is 0 Å². The third-order valence-electron chi connectivity index (χ3n) is 3.77. The van der Waals surface area contributed by atoms with E-state index in [0.29, 0.717) is 12.0 Å². The average molecular weight is 265 g/mol. The fraction of sp³-hybridized carbons (Fsp3) is 0.647. The molecule has 1 aromatic carbocycles. The molecular formula is C17H28FN. The second-order valence-electron chi connectivity index (χ2n) is 5.29. The number of benzene rings is 1. The molecule has 0 saturated carbocycles. The van der Waals surface area contributed by atoms with Crippen LogP contribution in [0.2, 0.25) is 0 Å². The molecule has 0 aliphatic carbocycles. The van der Waals surface area contributed by atoms with Crippen LogP contribution in [0.3, 0.4) is 0 Å². The molecule has 0 radical (unpaired) electrons. The van der Waals surface area contributed by atoms with Gasteiger partial charge in [-0.15, -0.1) is 0 Å². The van der Waals surface area contributed by atoms with Crippen molar-refractivity contribution in [3.63, 3.8) is 0 Å². The van der Waals surface area contributed by atoms with Gasteiger partial charge in [-0.2, -0.15) is 0 Å². The van der Waals surface area contributed by atoms with E-state index < -0.39 is 0 Å². The van der Waals surface area contributed by atoms with Gasteiger partial charge in [-0.25, -0.2) is 4.39 Å². The Morgan fingerprint density at radius 1 is 1.05 bits per heavy atom. The van der Waals surface area contributed by atoms with Crippen molar-refractivity contribution in [3.8, 4) is 0 Å². The van der Waals surface area contributed by atoms with Crippen LogP contribution in [-0.4, -0.2) is 6.54 Å². The van der Waals surface area contributed by atoms with Gasteiger partial charge in [0.25, 0.3) is 0 Å². The van der Waals surface area contributed by atoms with Crippen molar-refractivity contribution in [2.45, 2.75) is 58.9 Å². The van der Waals surface area contributed by atoms with Crippen LogP contribution in [0, 0.1) is 11.7 Å². The molecule has 1 N–H and O–H groups in total. The lowest BCUT2D eigenvalue weighted by Crippen LogP contribution is -2.29. The summed E-state index contributed by atoms with van der Waals surface area (Å²) in [6.45, 7) is 7.69. The lowest BCUT2D eigenvalue weighted by atomic mass is 9.87. The van der Waals surface area contributed by atoms with E-state index >= 15 is 0 Å². The molecule has 0 aliphatic heterocycles. The molecule has 2 heteroatoms. The summed E-state index contributed by atoms with van der Waals surface area (Å²) in [7, 11) is 0. The van der Waals surface area contributed by atoms with Gasteiger partial charge in [-0.1, -0.05) is 52.2 Å². The molecule has 0 aliphatic rings. The Balaban J connectivity index is 2.81. The summed E-state index contributed by atoms with van der Waals surface area (Å²) in [5, 5.41) is 3.64. The molecule has 0 bridgehead atoms. The average Bonchev–Trinajstić information content (AvgIpc) is 2.44. The summed E-state index contributed by atoms with van der Waals surface area (Å²) >= 11 is 0. The molecule has 108 valence electrons. The summed E-state index contributed by atoms with van der Waals surface area (Å²) in [5.74, 6) is 0.483. The second-order valence-corrected chi connectivity index (χ2v) is 5.29. The van der Waals surface area contributed by atoms with Gasteiger partial charge in [-0.3, -0.25) is 0 Å². The third kappa shape index (κ3) is 5.32. The maximum atomic E-state index is 13.1. The zero-order chi connectivity index (χ0) is 14.1. The molecule has 2 atom stereocenters. The lowest BCUT2D eigenvalue weighted by molar-refractivity contribution is 0.323. The van der Waals surface area contributed by atoms with E-state index in [2.05, 4.69) is 26.1 Å². The van der Waals surface area contributed by atoms with Crippen LogP contribution in [0.5, 0.6) is 0 Å². The quantitative estimate of drug-likeness (QED) is 0.656. The number of unbranched alkanes of at least 4 members (excludes halogenated alkanes) is 1. The first-order chi connectivity index (χ1) is 9.22. The maximum Gasteiger partial charge on any atom is 0.123 e. The van der Waals surface area contributed by atoms with Crippen LogP contribution in [0.25, 0.3) is 0 Å². The summed E-state index contributed by atoms with van der Waals surface area (Å²) in [6, 6.07) is 7.36. The molecule has 0 fully saturated rings. The van der Waals surface area contributed by atoms with E-state index in [9.17, 15) is 4.39 Å². The Bertz CT molecular complexity index is 334. The van der Waals surface area contributed by atoms with Gasteiger partial charge in [0.2, 0.25) is 0 Å². The molecule has 1 aromatic rings. The monoisotopic (exact) mass is 265 g/mol. The van der Waals surface area contributed by atoms with Crippen LogP contribution in [0.15, 0.2) is 24.3 Å². The highest BCUT2D eigenvalue weighted by molar-refractivity contribution is 5.20. The van der Waals surface area contributed by atoms with Gasteiger partial charge in [-0.05, 0) is 43.0 Å². The molecule has 0 amide bonds. The van der Waals surface area contributed by atoms with E-state index in [-0.39, 0.29) is 5.82 Å². The van der Waals surface area contributed by atoms with Gasteiger partial charge >= 0.3 is 0 Å². The molecule has 0 saturated heterocycles. The number of nitrogens with one attached hydrogen (secondary N) is 1. The lowest BCUT2D eigenvalue weighted by Gasteiger charge is -2.28. The van der Waals surface area contributed by atoms with Crippen molar-refractivity contribution < 1.29 is 4.39 Å². The molecule has 0 aromatic heterocycles. The van der Waals surface area contributed by atoms with E-state index in [1.807, 2.05) is 12.1 Å². The summed E-state index contributed by atoms with van der Waals surface area (Å²) in [4.78, 5) is 0. The Morgan fingerprint density at radius 2 is 1.74 bits per heavy atom. The number of rotatable bonds is 9. The van der Waals surface area contributed by atoms with E-state index in [1.54, 1.807) is 12.1 Å². The van der Waals surface area contributed by atoms with Crippen molar-refractivity contribution in [3.05, 3.63) is 35.6 Å². The first-order valence-electron chi connectivity index (χ1n) is 7.71. The zero-order valence-electron chi connectivity index (χ0n) is 12.6. The summed E-state index contributed by atoms with van der Waals surface area (Å²) in [6.07, 6.45) is 6.04. The molecule has 19 heavy (non-hydrogen) atoms. The van der Waals surface area contributed by atoms with Crippen LogP contribution in [0.1, 0.15) is 64.5 Å². The Labute approximate surface area is 117 Å². The molecule has 1 rings (SSSR count). The minimum atomic E-state index is -0.153. The molecule has 1 nitrogen and oxygen atoms in total. The Hall–Kier alpha value is -0.890. The van der Waals surface area contributed by atoms with Crippen LogP contribution < -0.4 is 5.32 Å². The van der Waals surface area contributed by atoms with Gasteiger partial charge in [0.1, 0.15) is 5.82 Å². The number of hydrogen-bond donors (Lipinski definition) is 1. The predicted molar refractivity (Wildman–Crippen MR) is 80.7 cm³/mol. The smallest absolute Gasteiger partial charge is 0.123 e. The SMILES string of the molecule is CCCCC(CC)C(NCCC)c1ccc(F)cc1. The largest absolute Gasteiger partial charge is 0.310 e. The highest BCUT2D eigenvalue weighted by Gasteiger charge is 2.20. The number of hydrogen-bond acceptors (Lipinski definition) is 1. The summed E-state index contributed by atoms with van der Waals surface area (Å²) < 4.78 is 13.1. The van der Waals surface area contributed by atoms with E-state index in [0.717, 1.165) is 13.0 Å². The van der Waals surface area contributed by atoms with Crippen molar-refractivity contribution in [2.24, 2.45) is 5.92 Å². The fourth-order valence-corrected chi connectivity index (χ4v) is 2.60. The first-order valence-corrected chi connectivity index (χ1v) is 7.71. The number of halogens is 1. The molecular weight excluding hydrogens is 237 g/mol. The summed E-state index contributed by atoms with van der Waals surface area (Å²) in [5.41, 5.74) is 1.22. The topological polar surface area (TPSA) is 12.0 Å². The van der Waals surface area contributed by atoms with Crippen molar-refractivity contribution in [1.82, 2.24) is 5.32 Å². The van der Waals surface area contributed by atoms with Gasteiger partial charge in [0.05, 0.1) is 0 Å². The maximum absolute atomic E-state index is 13.1. The predicted octanol–water partition coefficient (Wildman–Crippen LogP) is 5.08. The third-order valence-corrected chi connectivity index (χ3v) is 3.77. The molecule has 0 spiro atoms. The normalized spacial score (nSPS) is 14.3. The highest BCUT2D eigenvalue weighted by atomic mass is 19.1. The fourth-order valence-electron chi connectivity index (χ4n) is 2.60. The van der Waals surface area contributed by atoms with Crippen LogP contribution >= 0.6 is 0 Å². The van der Waals surface area contributed by atoms with Gasteiger partial charge < -0.3 is 5.32 Å². The zero-order valence-corrected chi connectivity index (χ0v) is 12.6. The first kappa shape index (κ1) is 16.2. The highest BCUT2D eigenvalue weighted by Crippen LogP contribution is 2.29. The van der Waals surface area contributed by atoms with E-state index in [4.69, 9.17) is 0 Å². The second kappa shape index (κ2) is 9.08. The molecule has 2 unspecified atom stereocenters. The van der Waals surface area contributed by atoms with Crippen LogP contribution in [-0.2, 0) is 0 Å². The minimum Gasteiger partial charge on any atom is -0.310 e. The van der Waals surface area contributed by atoms with E-state index in [1.165, 1.54) is 31.2 Å².